The largest absolute Gasteiger partial charge is 0.486 e. The van der Waals surface area contributed by atoms with Crippen LogP contribution in [-0.4, -0.2) is 56.4 Å². The number of sulfonamides is 1. The molecule has 1 saturated heterocycles. The van der Waals surface area contributed by atoms with Crippen molar-refractivity contribution in [2.75, 3.05) is 32.8 Å². The Morgan fingerprint density at radius 3 is 2.42 bits per heavy atom. The van der Waals surface area contributed by atoms with Crippen molar-refractivity contribution in [2.24, 2.45) is 5.92 Å². The zero-order valence-corrected chi connectivity index (χ0v) is 18.9. The van der Waals surface area contributed by atoms with Crippen LogP contribution in [-0.2, 0) is 21.4 Å². The van der Waals surface area contributed by atoms with E-state index in [4.69, 9.17) is 15.9 Å². The van der Waals surface area contributed by atoms with Gasteiger partial charge in [0.05, 0.1) is 11.4 Å². The Balaban J connectivity index is 1.41. The fraction of sp³-hybridized carbons (Fsp3) is 0.375. The first-order valence-electron chi connectivity index (χ1n) is 10.7. The van der Waals surface area contributed by atoms with E-state index >= 15 is 0 Å². The predicted molar refractivity (Wildman–Crippen MR) is 120 cm³/mol. The van der Waals surface area contributed by atoms with E-state index in [-0.39, 0.29) is 48.7 Å². The number of halogens is 1. The Kier molecular flexibility index (Phi) is 6.86. The second-order valence-corrected chi connectivity index (χ2v) is 9.95. The number of rotatable bonds is 6. The minimum absolute atomic E-state index is 0.117. The van der Waals surface area contributed by atoms with Crippen molar-refractivity contribution >= 4 is 15.9 Å². The SMILES string of the molecule is C#CCN(Cc1ccc(F)cc1)C(=O)C1CCN(S(=O)(=O)c2ccc3c(c2)OCCO3)CC1. The molecular formula is C24H25FN2O5S. The summed E-state index contributed by atoms with van der Waals surface area (Å²) in [7, 11) is -3.72. The highest BCUT2D eigenvalue weighted by molar-refractivity contribution is 7.89. The summed E-state index contributed by atoms with van der Waals surface area (Å²) in [4.78, 5) is 14.8. The van der Waals surface area contributed by atoms with Gasteiger partial charge in [0, 0.05) is 31.6 Å². The maximum absolute atomic E-state index is 13.2. The average Bonchev–Trinajstić information content (AvgIpc) is 2.84. The van der Waals surface area contributed by atoms with Gasteiger partial charge in [-0.2, -0.15) is 4.31 Å². The normalized spacial score (nSPS) is 16.7. The van der Waals surface area contributed by atoms with Gasteiger partial charge in [-0.05, 0) is 42.7 Å². The summed E-state index contributed by atoms with van der Waals surface area (Å²) in [6.07, 6.45) is 6.25. The average molecular weight is 473 g/mol. The molecule has 0 radical (unpaired) electrons. The van der Waals surface area contributed by atoms with Crippen LogP contribution in [0.3, 0.4) is 0 Å². The highest BCUT2D eigenvalue weighted by Gasteiger charge is 2.34. The molecule has 9 heteroatoms. The molecule has 2 aliphatic heterocycles. The van der Waals surface area contributed by atoms with E-state index < -0.39 is 10.0 Å². The fourth-order valence-electron chi connectivity index (χ4n) is 4.07. The number of carbonyl (C=O) groups is 1. The number of hydrogen-bond acceptors (Lipinski definition) is 5. The van der Waals surface area contributed by atoms with Crippen molar-refractivity contribution in [3.05, 3.63) is 53.8 Å². The van der Waals surface area contributed by atoms with Crippen LogP contribution in [0.15, 0.2) is 47.4 Å². The number of nitrogens with zero attached hydrogens (tertiary/aromatic N) is 2. The number of amides is 1. The van der Waals surface area contributed by atoms with Gasteiger partial charge in [-0.1, -0.05) is 18.1 Å². The second kappa shape index (κ2) is 9.81. The zero-order chi connectivity index (χ0) is 23.4. The lowest BCUT2D eigenvalue weighted by molar-refractivity contribution is -0.136. The smallest absolute Gasteiger partial charge is 0.243 e. The molecule has 2 aromatic rings. The van der Waals surface area contributed by atoms with E-state index in [2.05, 4.69) is 5.92 Å². The standard InChI is InChI=1S/C24H25FN2O5S/c1-2-11-26(17-18-3-5-20(25)6-4-18)24(28)19-9-12-27(13-10-19)33(29,30)21-7-8-22-23(16-21)32-15-14-31-22/h1,3-8,16,19H,9-15,17H2. The van der Waals surface area contributed by atoms with Crippen LogP contribution >= 0.6 is 0 Å². The van der Waals surface area contributed by atoms with E-state index in [9.17, 15) is 17.6 Å². The number of carbonyl (C=O) groups excluding carboxylic acids is 1. The van der Waals surface area contributed by atoms with Gasteiger partial charge in [-0.15, -0.1) is 6.42 Å². The third-order valence-corrected chi connectivity index (χ3v) is 7.73. The van der Waals surface area contributed by atoms with Crippen molar-refractivity contribution in [2.45, 2.75) is 24.3 Å². The van der Waals surface area contributed by atoms with Crippen LogP contribution in [0, 0.1) is 24.1 Å². The first kappa shape index (κ1) is 23.1. The fourth-order valence-corrected chi connectivity index (χ4v) is 5.55. The summed E-state index contributed by atoms with van der Waals surface area (Å²) < 4.78 is 51.8. The number of hydrogen-bond donors (Lipinski definition) is 0. The second-order valence-electron chi connectivity index (χ2n) is 8.01. The van der Waals surface area contributed by atoms with Gasteiger partial charge in [-0.25, -0.2) is 12.8 Å². The van der Waals surface area contributed by atoms with Gasteiger partial charge >= 0.3 is 0 Å². The maximum atomic E-state index is 13.2. The van der Waals surface area contributed by atoms with Crippen LogP contribution < -0.4 is 9.47 Å². The van der Waals surface area contributed by atoms with Gasteiger partial charge in [0.25, 0.3) is 0 Å². The molecular weight excluding hydrogens is 447 g/mol. The molecule has 2 aromatic carbocycles. The molecule has 4 rings (SSSR count). The van der Waals surface area contributed by atoms with Crippen LogP contribution in [0.4, 0.5) is 4.39 Å². The summed E-state index contributed by atoms with van der Waals surface area (Å²) in [6, 6.07) is 10.5. The van der Waals surface area contributed by atoms with Crippen molar-refractivity contribution in [1.82, 2.24) is 9.21 Å². The molecule has 0 atom stereocenters. The molecule has 1 fully saturated rings. The van der Waals surface area contributed by atoms with Crippen LogP contribution in [0.2, 0.25) is 0 Å². The maximum Gasteiger partial charge on any atom is 0.243 e. The van der Waals surface area contributed by atoms with Crippen LogP contribution in [0.5, 0.6) is 11.5 Å². The van der Waals surface area contributed by atoms with Gasteiger partial charge in [-0.3, -0.25) is 4.79 Å². The third kappa shape index (κ3) is 5.13. The van der Waals surface area contributed by atoms with E-state index in [1.807, 2.05) is 0 Å². The monoisotopic (exact) mass is 472 g/mol. The topological polar surface area (TPSA) is 76.2 Å². The van der Waals surface area contributed by atoms with Crippen molar-refractivity contribution in [3.63, 3.8) is 0 Å². The number of piperidine rings is 1. The molecule has 0 bridgehead atoms. The highest BCUT2D eigenvalue weighted by atomic mass is 32.2. The number of ether oxygens (including phenoxy) is 2. The Bertz CT molecular complexity index is 1150. The summed E-state index contributed by atoms with van der Waals surface area (Å²) in [5.41, 5.74) is 0.777. The lowest BCUT2D eigenvalue weighted by atomic mass is 9.96. The van der Waals surface area contributed by atoms with Gasteiger partial charge in [0.1, 0.15) is 19.0 Å². The summed E-state index contributed by atoms with van der Waals surface area (Å²) in [5, 5.41) is 0. The molecule has 33 heavy (non-hydrogen) atoms. The lowest BCUT2D eigenvalue weighted by Gasteiger charge is -2.33. The minimum atomic E-state index is -3.72. The van der Waals surface area contributed by atoms with Crippen LogP contribution in [0.1, 0.15) is 18.4 Å². The molecule has 174 valence electrons. The highest BCUT2D eigenvalue weighted by Crippen LogP contribution is 2.34. The van der Waals surface area contributed by atoms with E-state index in [1.165, 1.54) is 28.6 Å². The third-order valence-electron chi connectivity index (χ3n) is 5.84. The van der Waals surface area contributed by atoms with Crippen molar-refractivity contribution < 1.29 is 27.1 Å². The van der Waals surface area contributed by atoms with Crippen molar-refractivity contribution in [3.8, 4) is 23.8 Å². The molecule has 0 aliphatic carbocycles. The molecule has 0 spiro atoms. The quantitative estimate of drug-likeness (QED) is 0.605. The van der Waals surface area contributed by atoms with Crippen molar-refractivity contribution in [1.29, 1.82) is 0 Å². The zero-order valence-electron chi connectivity index (χ0n) is 18.1. The van der Waals surface area contributed by atoms with Gasteiger partial charge in [0.2, 0.25) is 15.9 Å². The summed E-state index contributed by atoms with van der Waals surface area (Å²) >= 11 is 0. The predicted octanol–water partition coefficient (Wildman–Crippen LogP) is 2.66. The Hall–Kier alpha value is -3.09. The molecule has 7 nitrogen and oxygen atoms in total. The molecule has 0 unspecified atom stereocenters. The lowest BCUT2D eigenvalue weighted by Crippen LogP contribution is -2.44. The number of fused-ring (bicyclic) bond motifs is 1. The van der Waals surface area contributed by atoms with Crippen LogP contribution in [0.25, 0.3) is 0 Å². The Morgan fingerprint density at radius 1 is 1.09 bits per heavy atom. The number of terminal acetylenes is 1. The molecule has 0 N–H and O–H groups in total. The molecule has 0 saturated carbocycles. The summed E-state index contributed by atoms with van der Waals surface area (Å²) in [5.74, 6) is 2.65. The molecule has 2 heterocycles. The first-order chi connectivity index (χ1) is 15.9. The molecule has 1 amide bonds. The minimum Gasteiger partial charge on any atom is -0.486 e. The Labute approximate surface area is 193 Å². The number of benzene rings is 2. The van der Waals surface area contributed by atoms with E-state index in [0.717, 1.165) is 5.56 Å². The Morgan fingerprint density at radius 2 is 1.76 bits per heavy atom. The summed E-state index contributed by atoms with van der Waals surface area (Å²) in [6.45, 7) is 1.67. The van der Waals surface area contributed by atoms with Gasteiger partial charge < -0.3 is 14.4 Å². The molecule has 0 aromatic heterocycles. The van der Waals surface area contributed by atoms with E-state index in [0.29, 0.717) is 37.6 Å². The first-order valence-corrected chi connectivity index (χ1v) is 12.2. The molecule has 2 aliphatic rings. The van der Waals surface area contributed by atoms with Gasteiger partial charge in [0.15, 0.2) is 11.5 Å². The van der Waals surface area contributed by atoms with E-state index in [1.54, 1.807) is 23.1 Å².